The molecule has 0 unspecified atom stereocenters. The molecule has 1 fully saturated rings. The molecule has 0 atom stereocenters. The van der Waals surface area contributed by atoms with Crippen LogP contribution in [0, 0.1) is 17.1 Å². The Morgan fingerprint density at radius 2 is 1.93 bits per heavy atom. The van der Waals surface area contributed by atoms with Crippen LogP contribution >= 0.6 is 11.6 Å². The lowest BCUT2D eigenvalue weighted by atomic mass is 9.91. The number of nitriles is 1. The van der Waals surface area contributed by atoms with Gasteiger partial charge in [0.15, 0.2) is 11.6 Å². The van der Waals surface area contributed by atoms with Gasteiger partial charge in [-0.05, 0) is 37.3 Å². The number of nitrogens with zero attached hydrogens (tertiary/aromatic N) is 2. The number of alkyl carbamates (subject to hydrolysis) is 1. The summed E-state index contributed by atoms with van der Waals surface area (Å²) in [6, 6.07) is 12.4. The number of anilines is 1. The fraction of sp³-hybridized carbons (Fsp3) is 0.350. The Balaban J connectivity index is 1.44. The summed E-state index contributed by atoms with van der Waals surface area (Å²) in [7, 11) is 0. The molecule has 6 nitrogen and oxygen atoms in total. The number of halogens is 2. The average molecular weight is 403 g/mol. The Bertz CT molecular complexity index is 864. The lowest BCUT2D eigenvalue weighted by molar-refractivity contribution is 0.132. The first-order chi connectivity index (χ1) is 13.5. The van der Waals surface area contributed by atoms with E-state index in [0.29, 0.717) is 0 Å². The first-order valence-electron chi connectivity index (χ1n) is 9.05. The number of ether oxygens (including phenoxy) is 1. The highest BCUT2D eigenvalue weighted by molar-refractivity contribution is 6.30. The van der Waals surface area contributed by atoms with Gasteiger partial charge in [0.2, 0.25) is 0 Å². The van der Waals surface area contributed by atoms with Crippen molar-refractivity contribution >= 4 is 23.5 Å². The quantitative estimate of drug-likeness (QED) is 0.724. The Kier molecular flexibility index (Phi) is 6.66. The van der Waals surface area contributed by atoms with Gasteiger partial charge < -0.3 is 15.4 Å². The largest absolute Gasteiger partial charge is 0.445 e. The van der Waals surface area contributed by atoms with Crippen molar-refractivity contribution in [3.8, 4) is 6.07 Å². The van der Waals surface area contributed by atoms with Gasteiger partial charge in [-0.1, -0.05) is 41.9 Å². The number of benzene rings is 1. The van der Waals surface area contributed by atoms with Gasteiger partial charge in [-0.2, -0.15) is 5.26 Å². The zero-order chi connectivity index (χ0) is 19.9. The summed E-state index contributed by atoms with van der Waals surface area (Å²) in [4.78, 5) is 15.9. The minimum Gasteiger partial charge on any atom is -0.445 e. The number of aromatic nitrogens is 1. The van der Waals surface area contributed by atoms with Crippen molar-refractivity contribution in [2.75, 3.05) is 5.32 Å². The van der Waals surface area contributed by atoms with E-state index in [9.17, 15) is 9.18 Å². The summed E-state index contributed by atoms with van der Waals surface area (Å²) < 4.78 is 19.3. The molecule has 1 saturated carbocycles. The molecule has 1 aliphatic carbocycles. The molecule has 28 heavy (non-hydrogen) atoms. The summed E-state index contributed by atoms with van der Waals surface area (Å²) in [5.74, 6) is -0.562. The normalized spacial score (nSPS) is 18.8. The molecular weight excluding hydrogens is 383 g/mol. The average Bonchev–Trinajstić information content (AvgIpc) is 2.71. The number of hydrogen-bond acceptors (Lipinski definition) is 5. The first-order valence-corrected chi connectivity index (χ1v) is 9.43. The second-order valence-corrected chi connectivity index (χ2v) is 7.03. The zero-order valence-corrected chi connectivity index (χ0v) is 15.9. The molecule has 1 amide bonds. The number of hydrogen-bond donors (Lipinski definition) is 2. The van der Waals surface area contributed by atoms with Crippen molar-refractivity contribution in [1.29, 1.82) is 5.26 Å². The van der Waals surface area contributed by atoms with Crippen LogP contribution in [0.5, 0.6) is 0 Å². The standard InChI is InChI=1S/C20H20ClFN4O2/c21-18-14(11-23)10-17(22)19(26-18)24-15-6-8-16(9-7-15)25-20(27)28-12-13-4-2-1-3-5-13/h1-5,10,15-16H,6-9,12H2,(H,24,26)(H,25,27). The van der Waals surface area contributed by atoms with Gasteiger partial charge in [-0.25, -0.2) is 14.2 Å². The summed E-state index contributed by atoms with van der Waals surface area (Å²) in [6.45, 7) is 0.230. The summed E-state index contributed by atoms with van der Waals surface area (Å²) in [5, 5.41) is 14.7. The van der Waals surface area contributed by atoms with Gasteiger partial charge in [0.05, 0.1) is 5.56 Å². The predicted molar refractivity (Wildman–Crippen MR) is 103 cm³/mol. The molecule has 1 aliphatic rings. The van der Waals surface area contributed by atoms with Gasteiger partial charge in [-0.3, -0.25) is 0 Å². The number of carbonyl (C=O) groups is 1. The molecular formula is C20H20ClFN4O2. The van der Waals surface area contributed by atoms with E-state index in [4.69, 9.17) is 21.6 Å². The molecule has 1 aromatic carbocycles. The van der Waals surface area contributed by atoms with Crippen LogP contribution in [0.3, 0.4) is 0 Å². The molecule has 0 spiro atoms. The highest BCUT2D eigenvalue weighted by Crippen LogP contribution is 2.25. The van der Waals surface area contributed by atoms with Crippen molar-refractivity contribution in [3.63, 3.8) is 0 Å². The SMILES string of the molecule is N#Cc1cc(F)c(NC2CCC(NC(=O)OCc3ccccc3)CC2)nc1Cl. The third-order valence-corrected chi connectivity index (χ3v) is 4.94. The third-order valence-electron chi connectivity index (χ3n) is 4.65. The van der Waals surface area contributed by atoms with E-state index in [1.165, 1.54) is 0 Å². The molecule has 3 rings (SSSR count). The molecule has 0 saturated heterocycles. The summed E-state index contributed by atoms with van der Waals surface area (Å²) in [6.07, 6.45) is 2.52. The fourth-order valence-corrected chi connectivity index (χ4v) is 3.33. The van der Waals surface area contributed by atoms with Crippen molar-refractivity contribution in [1.82, 2.24) is 10.3 Å². The fourth-order valence-electron chi connectivity index (χ4n) is 3.15. The number of pyridine rings is 1. The third kappa shape index (κ3) is 5.33. The second-order valence-electron chi connectivity index (χ2n) is 6.67. The molecule has 146 valence electrons. The van der Waals surface area contributed by atoms with Gasteiger partial charge in [0, 0.05) is 12.1 Å². The molecule has 1 aromatic heterocycles. The number of rotatable bonds is 5. The van der Waals surface area contributed by atoms with E-state index in [0.717, 1.165) is 37.3 Å². The van der Waals surface area contributed by atoms with Gasteiger partial charge >= 0.3 is 6.09 Å². The molecule has 0 radical (unpaired) electrons. The van der Waals surface area contributed by atoms with Gasteiger partial charge in [0.1, 0.15) is 17.8 Å². The molecule has 2 N–H and O–H groups in total. The van der Waals surface area contributed by atoms with Gasteiger partial charge in [-0.15, -0.1) is 0 Å². The maximum absolute atomic E-state index is 14.0. The van der Waals surface area contributed by atoms with E-state index in [-0.39, 0.29) is 35.2 Å². The highest BCUT2D eigenvalue weighted by Gasteiger charge is 2.24. The number of carbonyl (C=O) groups excluding carboxylic acids is 1. The van der Waals surface area contributed by atoms with Crippen LogP contribution in [0.2, 0.25) is 5.15 Å². The molecule has 0 bridgehead atoms. The van der Waals surface area contributed by atoms with Crippen LogP contribution in [0.1, 0.15) is 36.8 Å². The van der Waals surface area contributed by atoms with Crippen LogP contribution in [-0.2, 0) is 11.3 Å². The molecule has 2 aromatic rings. The highest BCUT2D eigenvalue weighted by atomic mass is 35.5. The summed E-state index contributed by atoms with van der Waals surface area (Å²) in [5.41, 5.74) is 0.938. The Hall–Kier alpha value is -2.85. The Labute approximate surface area is 167 Å². The van der Waals surface area contributed by atoms with Crippen molar-refractivity contribution < 1.29 is 13.9 Å². The number of nitrogens with one attached hydrogen (secondary N) is 2. The second kappa shape index (κ2) is 9.38. The zero-order valence-electron chi connectivity index (χ0n) is 15.1. The Morgan fingerprint density at radius 1 is 1.25 bits per heavy atom. The monoisotopic (exact) mass is 402 g/mol. The Morgan fingerprint density at radius 3 is 2.61 bits per heavy atom. The minimum atomic E-state index is -0.606. The first kappa shape index (κ1) is 19.9. The lowest BCUT2D eigenvalue weighted by Crippen LogP contribution is -2.40. The van der Waals surface area contributed by atoms with Crippen LogP contribution in [0.25, 0.3) is 0 Å². The number of amides is 1. The van der Waals surface area contributed by atoms with E-state index in [1.807, 2.05) is 30.3 Å². The van der Waals surface area contributed by atoms with Crippen molar-refractivity contribution in [2.24, 2.45) is 0 Å². The van der Waals surface area contributed by atoms with Crippen LogP contribution in [0.15, 0.2) is 36.4 Å². The molecule has 0 aliphatic heterocycles. The molecule has 8 heteroatoms. The lowest BCUT2D eigenvalue weighted by Gasteiger charge is -2.29. The van der Waals surface area contributed by atoms with Crippen molar-refractivity contribution in [2.45, 2.75) is 44.4 Å². The maximum Gasteiger partial charge on any atom is 0.407 e. The topological polar surface area (TPSA) is 87.0 Å². The van der Waals surface area contributed by atoms with E-state index < -0.39 is 11.9 Å². The molecule has 1 heterocycles. The summed E-state index contributed by atoms with van der Waals surface area (Å²) >= 11 is 5.87. The predicted octanol–water partition coefficient (Wildman–Crippen LogP) is 4.40. The van der Waals surface area contributed by atoms with Crippen LogP contribution < -0.4 is 10.6 Å². The van der Waals surface area contributed by atoms with E-state index >= 15 is 0 Å². The smallest absolute Gasteiger partial charge is 0.407 e. The van der Waals surface area contributed by atoms with E-state index in [1.54, 1.807) is 6.07 Å². The van der Waals surface area contributed by atoms with Crippen LogP contribution in [0.4, 0.5) is 15.0 Å². The van der Waals surface area contributed by atoms with Crippen LogP contribution in [-0.4, -0.2) is 23.2 Å². The maximum atomic E-state index is 14.0. The van der Waals surface area contributed by atoms with E-state index in [2.05, 4.69) is 15.6 Å². The minimum absolute atomic E-state index is 0.00615. The van der Waals surface area contributed by atoms with Gasteiger partial charge in [0.25, 0.3) is 0 Å². The van der Waals surface area contributed by atoms with Crippen molar-refractivity contribution in [3.05, 3.63) is 58.5 Å².